The molecule has 1 saturated carbocycles. The van der Waals surface area contributed by atoms with E-state index in [0.717, 1.165) is 24.9 Å². The van der Waals surface area contributed by atoms with Gasteiger partial charge in [0.2, 0.25) is 5.91 Å². The van der Waals surface area contributed by atoms with E-state index in [9.17, 15) is 4.79 Å². The average molecular weight is 259 g/mol. The number of carbonyl (C=O) groups excluding carboxylic acids is 1. The summed E-state index contributed by atoms with van der Waals surface area (Å²) in [6, 6.07) is 10.3. The molecule has 1 saturated heterocycles. The summed E-state index contributed by atoms with van der Waals surface area (Å²) < 4.78 is 5.82. The van der Waals surface area contributed by atoms with E-state index in [1.165, 1.54) is 12.8 Å². The van der Waals surface area contributed by atoms with Crippen molar-refractivity contribution in [3.05, 3.63) is 35.9 Å². The maximum Gasteiger partial charge on any atom is 0.227 e. The lowest BCUT2D eigenvalue weighted by Gasteiger charge is -2.43. The van der Waals surface area contributed by atoms with Gasteiger partial charge in [-0.1, -0.05) is 43.2 Å². The number of ether oxygens (including phenoxy) is 1. The minimum atomic E-state index is 0.256. The van der Waals surface area contributed by atoms with Crippen LogP contribution in [0.5, 0.6) is 0 Å². The van der Waals surface area contributed by atoms with Gasteiger partial charge in [0.1, 0.15) is 0 Å². The van der Waals surface area contributed by atoms with Crippen LogP contribution in [0.2, 0.25) is 0 Å². The van der Waals surface area contributed by atoms with Crippen molar-refractivity contribution >= 4 is 5.91 Å². The summed E-state index contributed by atoms with van der Waals surface area (Å²) in [6.07, 6.45) is 5.47. The first-order valence-electron chi connectivity index (χ1n) is 7.29. The number of hydrogen-bond acceptors (Lipinski definition) is 2. The SMILES string of the molecule is O=C(Cc1ccccc1)N1CCO[C@@H]2CCCC[C@H]21. The molecule has 1 aromatic rings. The molecule has 0 bridgehead atoms. The zero-order valence-electron chi connectivity index (χ0n) is 11.3. The second-order valence-corrected chi connectivity index (χ2v) is 5.51. The Morgan fingerprint density at radius 3 is 2.84 bits per heavy atom. The van der Waals surface area contributed by atoms with Crippen molar-refractivity contribution in [1.82, 2.24) is 4.90 Å². The minimum absolute atomic E-state index is 0.256. The molecular formula is C16H21NO2. The molecule has 2 atom stereocenters. The molecule has 1 heterocycles. The molecule has 0 radical (unpaired) electrons. The standard InChI is InChI=1S/C16H21NO2/c18-16(12-13-6-2-1-3-7-13)17-10-11-19-15-9-5-4-8-14(15)17/h1-3,6-7,14-15H,4-5,8-12H2/t14-,15-/m1/s1. The van der Waals surface area contributed by atoms with Crippen LogP contribution in [0.1, 0.15) is 31.2 Å². The van der Waals surface area contributed by atoms with Crippen molar-refractivity contribution in [1.29, 1.82) is 0 Å². The van der Waals surface area contributed by atoms with Gasteiger partial charge in [0, 0.05) is 6.54 Å². The first-order chi connectivity index (χ1) is 9.34. The fraction of sp³-hybridized carbons (Fsp3) is 0.562. The molecule has 3 rings (SSSR count). The summed E-state index contributed by atoms with van der Waals surface area (Å²) in [5, 5.41) is 0. The van der Waals surface area contributed by atoms with Crippen LogP contribution in [0, 0.1) is 0 Å². The monoisotopic (exact) mass is 259 g/mol. The molecule has 19 heavy (non-hydrogen) atoms. The molecule has 2 fully saturated rings. The second kappa shape index (κ2) is 5.74. The number of hydrogen-bond donors (Lipinski definition) is 0. The molecule has 3 nitrogen and oxygen atoms in total. The van der Waals surface area contributed by atoms with Gasteiger partial charge in [0.05, 0.1) is 25.2 Å². The fourth-order valence-electron chi connectivity index (χ4n) is 3.28. The number of rotatable bonds is 2. The first-order valence-corrected chi connectivity index (χ1v) is 7.29. The second-order valence-electron chi connectivity index (χ2n) is 5.51. The highest BCUT2D eigenvalue weighted by molar-refractivity contribution is 5.79. The van der Waals surface area contributed by atoms with Crippen LogP contribution in [0.25, 0.3) is 0 Å². The molecule has 1 aliphatic heterocycles. The lowest BCUT2D eigenvalue weighted by Crippen LogP contribution is -2.55. The van der Waals surface area contributed by atoms with Crippen LogP contribution in [0.3, 0.4) is 0 Å². The highest BCUT2D eigenvalue weighted by atomic mass is 16.5. The van der Waals surface area contributed by atoms with Gasteiger partial charge in [-0.15, -0.1) is 0 Å². The Bertz CT molecular complexity index is 430. The van der Waals surface area contributed by atoms with Crippen molar-refractivity contribution < 1.29 is 9.53 Å². The number of fused-ring (bicyclic) bond motifs is 1. The Labute approximate surface area is 114 Å². The third-order valence-corrected chi connectivity index (χ3v) is 4.25. The van der Waals surface area contributed by atoms with Crippen molar-refractivity contribution in [2.24, 2.45) is 0 Å². The Hall–Kier alpha value is -1.35. The number of nitrogens with zero attached hydrogens (tertiary/aromatic N) is 1. The average Bonchev–Trinajstić information content (AvgIpc) is 2.47. The molecule has 0 N–H and O–H groups in total. The Morgan fingerprint density at radius 2 is 2.00 bits per heavy atom. The Morgan fingerprint density at radius 1 is 1.21 bits per heavy atom. The van der Waals surface area contributed by atoms with Gasteiger partial charge < -0.3 is 9.64 Å². The summed E-state index contributed by atoms with van der Waals surface area (Å²) in [5.74, 6) is 0.256. The molecule has 1 aliphatic carbocycles. The van der Waals surface area contributed by atoms with E-state index in [1.54, 1.807) is 0 Å². The molecule has 102 valence electrons. The van der Waals surface area contributed by atoms with E-state index in [4.69, 9.17) is 4.74 Å². The van der Waals surface area contributed by atoms with Gasteiger partial charge in [0.25, 0.3) is 0 Å². The smallest absolute Gasteiger partial charge is 0.227 e. The normalized spacial score (nSPS) is 26.8. The minimum Gasteiger partial charge on any atom is -0.374 e. The molecular weight excluding hydrogens is 238 g/mol. The number of morpholine rings is 1. The van der Waals surface area contributed by atoms with Gasteiger partial charge in [0.15, 0.2) is 0 Å². The van der Waals surface area contributed by atoms with Gasteiger partial charge in [-0.3, -0.25) is 4.79 Å². The van der Waals surface area contributed by atoms with E-state index in [-0.39, 0.29) is 12.0 Å². The van der Waals surface area contributed by atoms with Crippen molar-refractivity contribution in [2.45, 2.75) is 44.2 Å². The zero-order valence-corrected chi connectivity index (χ0v) is 11.3. The van der Waals surface area contributed by atoms with Crippen molar-refractivity contribution in [3.63, 3.8) is 0 Å². The first kappa shape index (κ1) is 12.7. The topological polar surface area (TPSA) is 29.5 Å². The Kier molecular flexibility index (Phi) is 3.83. The van der Waals surface area contributed by atoms with E-state index in [1.807, 2.05) is 30.3 Å². The maximum atomic E-state index is 12.5. The van der Waals surface area contributed by atoms with Crippen molar-refractivity contribution in [2.75, 3.05) is 13.2 Å². The third kappa shape index (κ3) is 2.81. The third-order valence-electron chi connectivity index (χ3n) is 4.25. The summed E-state index contributed by atoms with van der Waals surface area (Å²) in [5.41, 5.74) is 1.10. The highest BCUT2D eigenvalue weighted by Crippen LogP contribution is 2.28. The molecule has 1 aromatic carbocycles. The largest absolute Gasteiger partial charge is 0.374 e. The predicted octanol–water partition coefficient (Wildman–Crippen LogP) is 2.40. The van der Waals surface area contributed by atoms with E-state index in [2.05, 4.69) is 4.90 Å². The van der Waals surface area contributed by atoms with Crippen LogP contribution in [0.15, 0.2) is 30.3 Å². The van der Waals surface area contributed by atoms with Gasteiger partial charge >= 0.3 is 0 Å². The number of benzene rings is 1. The molecule has 0 spiro atoms. The van der Waals surface area contributed by atoms with E-state index < -0.39 is 0 Å². The number of amides is 1. The van der Waals surface area contributed by atoms with Crippen LogP contribution in [-0.4, -0.2) is 36.1 Å². The van der Waals surface area contributed by atoms with E-state index >= 15 is 0 Å². The van der Waals surface area contributed by atoms with Crippen LogP contribution in [0.4, 0.5) is 0 Å². The van der Waals surface area contributed by atoms with Gasteiger partial charge in [-0.25, -0.2) is 0 Å². The van der Waals surface area contributed by atoms with Crippen LogP contribution >= 0.6 is 0 Å². The summed E-state index contributed by atoms with van der Waals surface area (Å²) in [7, 11) is 0. The summed E-state index contributed by atoms with van der Waals surface area (Å²) >= 11 is 0. The number of carbonyl (C=O) groups is 1. The lowest BCUT2D eigenvalue weighted by molar-refractivity contribution is -0.148. The van der Waals surface area contributed by atoms with Crippen molar-refractivity contribution in [3.8, 4) is 0 Å². The Balaban J connectivity index is 1.68. The highest BCUT2D eigenvalue weighted by Gasteiger charge is 2.36. The fourth-order valence-corrected chi connectivity index (χ4v) is 3.28. The molecule has 2 aliphatic rings. The van der Waals surface area contributed by atoms with Crippen LogP contribution < -0.4 is 0 Å². The molecule has 1 amide bonds. The quantitative estimate of drug-likeness (QED) is 0.816. The predicted molar refractivity (Wildman–Crippen MR) is 73.9 cm³/mol. The van der Waals surface area contributed by atoms with E-state index in [0.29, 0.717) is 19.1 Å². The maximum absolute atomic E-state index is 12.5. The lowest BCUT2D eigenvalue weighted by atomic mass is 9.90. The summed E-state index contributed by atoms with van der Waals surface area (Å²) in [4.78, 5) is 14.6. The van der Waals surface area contributed by atoms with Gasteiger partial charge in [-0.05, 0) is 18.4 Å². The zero-order chi connectivity index (χ0) is 13.1. The molecule has 3 heteroatoms. The van der Waals surface area contributed by atoms with Gasteiger partial charge in [-0.2, -0.15) is 0 Å². The van der Waals surface area contributed by atoms with Crippen LogP contribution in [-0.2, 0) is 16.0 Å². The molecule has 0 unspecified atom stereocenters. The molecule has 0 aromatic heterocycles. The summed E-state index contributed by atoms with van der Waals surface area (Å²) in [6.45, 7) is 1.45.